The van der Waals surface area contributed by atoms with Crippen LogP contribution >= 0.6 is 0 Å². The van der Waals surface area contributed by atoms with E-state index < -0.39 is 0 Å². The fourth-order valence-corrected chi connectivity index (χ4v) is 1.34. The van der Waals surface area contributed by atoms with Crippen molar-refractivity contribution in [1.82, 2.24) is 10.2 Å². The first-order chi connectivity index (χ1) is 6.31. The molecule has 0 amide bonds. The molecular weight excluding hydrogens is 164 g/mol. The monoisotopic (exact) mass is 182 g/mol. The summed E-state index contributed by atoms with van der Waals surface area (Å²) in [7, 11) is 0. The molecule has 0 saturated carbocycles. The molecule has 0 unspecified atom stereocenters. The van der Waals surface area contributed by atoms with Gasteiger partial charge < -0.3 is 10.6 Å². The van der Waals surface area contributed by atoms with Crippen LogP contribution in [0, 0.1) is 0 Å². The van der Waals surface area contributed by atoms with E-state index in [1.807, 2.05) is 0 Å². The summed E-state index contributed by atoms with van der Waals surface area (Å²) in [4.78, 5) is 2.20. The fraction of sp³-hybridized carbons (Fsp3) is 0.667. The maximum atomic E-state index is 5.45. The van der Waals surface area contributed by atoms with Gasteiger partial charge in [-0.3, -0.25) is 5.10 Å². The van der Waals surface area contributed by atoms with Gasteiger partial charge in [-0.05, 0) is 20.4 Å². The first kappa shape index (κ1) is 10.1. The normalized spacial score (nSPS) is 10.4. The molecule has 1 aromatic heterocycles. The van der Waals surface area contributed by atoms with Crippen molar-refractivity contribution >= 4 is 5.82 Å². The first-order valence-corrected chi connectivity index (χ1v) is 4.81. The van der Waals surface area contributed by atoms with Crippen molar-refractivity contribution in [3.8, 4) is 0 Å². The van der Waals surface area contributed by atoms with Crippen LogP contribution in [0.2, 0.25) is 0 Å². The Morgan fingerprint density at radius 3 is 2.69 bits per heavy atom. The Bertz CT molecular complexity index is 240. The zero-order valence-electron chi connectivity index (χ0n) is 8.38. The minimum atomic E-state index is 0.667. The SMILES string of the molecule is CCN(CC)c1cc(CCN)[nH]n1. The van der Waals surface area contributed by atoms with Gasteiger partial charge in [-0.2, -0.15) is 5.10 Å². The maximum Gasteiger partial charge on any atom is 0.150 e. The highest BCUT2D eigenvalue weighted by molar-refractivity contribution is 5.38. The third-order valence-corrected chi connectivity index (χ3v) is 2.12. The Balaban J connectivity index is 2.66. The van der Waals surface area contributed by atoms with Crippen LogP contribution in [0.15, 0.2) is 6.07 Å². The van der Waals surface area contributed by atoms with E-state index in [4.69, 9.17) is 5.73 Å². The van der Waals surface area contributed by atoms with Crippen LogP contribution in [-0.2, 0) is 6.42 Å². The summed E-state index contributed by atoms with van der Waals surface area (Å²) in [5.74, 6) is 1.02. The molecule has 13 heavy (non-hydrogen) atoms. The molecular formula is C9H18N4. The summed E-state index contributed by atoms with van der Waals surface area (Å²) in [6, 6.07) is 2.07. The minimum absolute atomic E-state index is 0.667. The number of rotatable bonds is 5. The van der Waals surface area contributed by atoms with E-state index in [1.54, 1.807) is 0 Å². The van der Waals surface area contributed by atoms with Gasteiger partial charge in [-0.15, -0.1) is 0 Å². The molecule has 0 spiro atoms. The summed E-state index contributed by atoms with van der Waals surface area (Å²) in [6.07, 6.45) is 0.869. The molecule has 0 fully saturated rings. The zero-order valence-corrected chi connectivity index (χ0v) is 8.38. The molecule has 0 saturated heterocycles. The molecule has 4 heteroatoms. The minimum Gasteiger partial charge on any atom is -0.356 e. The predicted octanol–water partition coefficient (Wildman–Crippen LogP) is 0.757. The van der Waals surface area contributed by atoms with Crippen LogP contribution < -0.4 is 10.6 Å². The molecule has 74 valence electrons. The van der Waals surface area contributed by atoms with Gasteiger partial charge in [0.2, 0.25) is 0 Å². The van der Waals surface area contributed by atoms with Gasteiger partial charge >= 0.3 is 0 Å². The van der Waals surface area contributed by atoms with Crippen molar-refractivity contribution in [2.75, 3.05) is 24.5 Å². The number of H-pyrrole nitrogens is 1. The Hall–Kier alpha value is -1.03. The summed E-state index contributed by atoms with van der Waals surface area (Å²) in [5, 5.41) is 7.21. The first-order valence-electron chi connectivity index (χ1n) is 4.81. The lowest BCUT2D eigenvalue weighted by atomic mass is 10.3. The van der Waals surface area contributed by atoms with E-state index in [0.29, 0.717) is 6.54 Å². The molecule has 0 bridgehead atoms. The van der Waals surface area contributed by atoms with E-state index in [2.05, 4.69) is 35.0 Å². The Morgan fingerprint density at radius 1 is 1.46 bits per heavy atom. The van der Waals surface area contributed by atoms with E-state index in [1.165, 1.54) is 0 Å². The van der Waals surface area contributed by atoms with Gasteiger partial charge in [0.25, 0.3) is 0 Å². The van der Waals surface area contributed by atoms with Crippen molar-refractivity contribution < 1.29 is 0 Å². The van der Waals surface area contributed by atoms with Crippen molar-refractivity contribution in [1.29, 1.82) is 0 Å². The molecule has 0 aliphatic rings. The van der Waals surface area contributed by atoms with E-state index >= 15 is 0 Å². The number of aromatic amines is 1. The summed E-state index contributed by atoms with van der Waals surface area (Å²) >= 11 is 0. The van der Waals surface area contributed by atoms with Gasteiger partial charge in [0.15, 0.2) is 5.82 Å². The fourth-order valence-electron chi connectivity index (χ4n) is 1.34. The molecule has 1 aromatic rings. The second kappa shape index (κ2) is 4.87. The molecule has 0 radical (unpaired) electrons. The average molecular weight is 182 g/mol. The molecule has 0 aliphatic heterocycles. The van der Waals surface area contributed by atoms with Crippen molar-refractivity contribution in [2.24, 2.45) is 5.73 Å². The highest BCUT2D eigenvalue weighted by Crippen LogP contribution is 2.11. The number of anilines is 1. The van der Waals surface area contributed by atoms with Crippen LogP contribution in [0.1, 0.15) is 19.5 Å². The highest BCUT2D eigenvalue weighted by atomic mass is 15.3. The van der Waals surface area contributed by atoms with Crippen LogP contribution in [0.5, 0.6) is 0 Å². The maximum absolute atomic E-state index is 5.45. The molecule has 3 N–H and O–H groups in total. The van der Waals surface area contributed by atoms with Crippen LogP contribution in [0.3, 0.4) is 0 Å². The Morgan fingerprint density at radius 2 is 2.15 bits per heavy atom. The van der Waals surface area contributed by atoms with E-state index in [9.17, 15) is 0 Å². The second-order valence-corrected chi connectivity index (χ2v) is 2.96. The van der Waals surface area contributed by atoms with Crippen molar-refractivity contribution in [3.63, 3.8) is 0 Å². The van der Waals surface area contributed by atoms with E-state index in [0.717, 1.165) is 31.0 Å². The third kappa shape index (κ3) is 2.45. The lowest BCUT2D eigenvalue weighted by molar-refractivity contribution is 0.835. The van der Waals surface area contributed by atoms with E-state index in [-0.39, 0.29) is 0 Å². The van der Waals surface area contributed by atoms with Gasteiger partial charge in [-0.1, -0.05) is 0 Å². The van der Waals surface area contributed by atoms with Gasteiger partial charge in [0.05, 0.1) is 0 Å². The number of nitrogens with zero attached hydrogens (tertiary/aromatic N) is 2. The molecule has 0 atom stereocenters. The Kier molecular flexibility index (Phi) is 3.76. The lowest BCUT2D eigenvalue weighted by Gasteiger charge is -2.16. The number of nitrogens with two attached hydrogens (primary N) is 1. The predicted molar refractivity (Wildman–Crippen MR) is 54.9 cm³/mol. The van der Waals surface area contributed by atoms with Gasteiger partial charge in [-0.25, -0.2) is 0 Å². The molecule has 1 heterocycles. The van der Waals surface area contributed by atoms with Crippen molar-refractivity contribution in [3.05, 3.63) is 11.8 Å². The number of nitrogens with one attached hydrogen (secondary N) is 1. The van der Waals surface area contributed by atoms with Crippen LogP contribution in [-0.4, -0.2) is 29.8 Å². The highest BCUT2D eigenvalue weighted by Gasteiger charge is 2.05. The van der Waals surface area contributed by atoms with Gasteiger partial charge in [0.1, 0.15) is 0 Å². The molecule has 4 nitrogen and oxygen atoms in total. The summed E-state index contributed by atoms with van der Waals surface area (Å²) in [5.41, 5.74) is 6.56. The summed E-state index contributed by atoms with van der Waals surface area (Å²) in [6.45, 7) is 6.90. The second-order valence-electron chi connectivity index (χ2n) is 2.96. The topological polar surface area (TPSA) is 57.9 Å². The molecule has 0 aromatic carbocycles. The largest absolute Gasteiger partial charge is 0.356 e. The van der Waals surface area contributed by atoms with Crippen LogP contribution in [0.4, 0.5) is 5.82 Å². The standard InChI is InChI=1S/C9H18N4/c1-3-13(4-2)9-7-8(5-6-10)11-12-9/h7H,3-6,10H2,1-2H3,(H,11,12). The van der Waals surface area contributed by atoms with Crippen molar-refractivity contribution in [2.45, 2.75) is 20.3 Å². The smallest absolute Gasteiger partial charge is 0.150 e. The van der Waals surface area contributed by atoms with Crippen LogP contribution in [0.25, 0.3) is 0 Å². The zero-order chi connectivity index (χ0) is 9.68. The number of hydrogen-bond donors (Lipinski definition) is 2. The molecule has 0 aliphatic carbocycles. The lowest BCUT2D eigenvalue weighted by Crippen LogP contribution is -2.22. The number of hydrogen-bond acceptors (Lipinski definition) is 3. The van der Waals surface area contributed by atoms with Gasteiger partial charge in [0, 0.05) is 31.3 Å². The average Bonchev–Trinajstić information content (AvgIpc) is 2.56. The molecule has 1 rings (SSSR count). The summed E-state index contributed by atoms with van der Waals surface area (Å²) < 4.78 is 0. The Labute approximate surface area is 79.1 Å². The quantitative estimate of drug-likeness (QED) is 0.706. The number of aromatic nitrogens is 2. The third-order valence-electron chi connectivity index (χ3n) is 2.12.